The normalized spacial score (nSPS) is 14.1. The molecule has 2 heterocycles. The molecule has 0 atom stereocenters. The lowest BCUT2D eigenvalue weighted by atomic mass is 9.75. The van der Waals surface area contributed by atoms with Gasteiger partial charge in [-0.05, 0) is 35.9 Å². The molecule has 2 rings (SSSR count). The van der Waals surface area contributed by atoms with Crippen LogP contribution in [0, 0.1) is 0 Å². The highest BCUT2D eigenvalue weighted by molar-refractivity contribution is 7.06. The fraction of sp³-hybridized carbons (Fsp3) is 0.727. The van der Waals surface area contributed by atoms with Gasteiger partial charge in [0.25, 0.3) is 0 Å². The molecule has 0 amide bonds. The van der Waals surface area contributed by atoms with Crippen molar-refractivity contribution in [3.8, 4) is 0 Å². The van der Waals surface area contributed by atoms with Gasteiger partial charge in [0, 0.05) is 27.2 Å². The Morgan fingerprint density at radius 3 is 1.81 bits per heavy atom. The Hall–Kier alpha value is -1.16. The van der Waals surface area contributed by atoms with E-state index >= 15 is 0 Å². The molecule has 0 saturated carbocycles. The molecule has 4 heteroatoms. The maximum atomic E-state index is 5.71. The molecule has 2 aromatic heterocycles. The molecule has 146 valence electrons. The topological polar surface area (TPSA) is 38.9 Å². The van der Waals surface area contributed by atoms with Gasteiger partial charge in [-0.2, -0.15) is 4.37 Å². The first-order valence-electron chi connectivity index (χ1n) is 9.58. The van der Waals surface area contributed by atoms with E-state index in [0.717, 1.165) is 24.3 Å². The molecule has 0 unspecified atom stereocenters. The van der Waals surface area contributed by atoms with Crippen LogP contribution in [0.15, 0.2) is 16.7 Å². The smallest absolute Gasteiger partial charge is 0.142 e. The fourth-order valence-electron chi connectivity index (χ4n) is 2.77. The van der Waals surface area contributed by atoms with Crippen LogP contribution < -0.4 is 0 Å². The Bertz CT molecular complexity index is 675. The van der Waals surface area contributed by atoms with Crippen LogP contribution in [-0.4, -0.2) is 9.53 Å². The summed E-state index contributed by atoms with van der Waals surface area (Å²) in [6.07, 6.45) is 2.08. The molecule has 0 bridgehead atoms. The van der Waals surface area contributed by atoms with Crippen LogP contribution in [0.3, 0.4) is 0 Å². The third-order valence-electron chi connectivity index (χ3n) is 5.26. The van der Waals surface area contributed by atoms with E-state index in [2.05, 4.69) is 86.5 Å². The van der Waals surface area contributed by atoms with E-state index in [1.165, 1.54) is 10.6 Å². The average molecular weight is 377 g/mol. The zero-order chi connectivity index (χ0) is 20.0. The first kappa shape index (κ1) is 21.1. The SMILES string of the molecule is CC(C)(C)c1cc(C(C)(C)CCC(C)(C)c2cc(C(C)(C)C)sn2)on1. The predicted octanol–water partition coefficient (Wildman–Crippen LogP) is 6.76. The molecule has 0 spiro atoms. The van der Waals surface area contributed by atoms with Crippen molar-refractivity contribution in [3.63, 3.8) is 0 Å². The lowest BCUT2D eigenvalue weighted by molar-refractivity contribution is 0.278. The molecule has 2 aromatic rings. The van der Waals surface area contributed by atoms with E-state index in [1.807, 2.05) is 0 Å². The van der Waals surface area contributed by atoms with Crippen LogP contribution in [-0.2, 0) is 21.7 Å². The maximum absolute atomic E-state index is 5.71. The second kappa shape index (κ2) is 6.78. The zero-order valence-electron chi connectivity index (χ0n) is 18.3. The maximum Gasteiger partial charge on any atom is 0.142 e. The van der Waals surface area contributed by atoms with Gasteiger partial charge in [-0.25, -0.2) is 0 Å². The minimum atomic E-state index is -0.0450. The fourth-order valence-corrected chi connectivity index (χ4v) is 3.71. The number of rotatable bonds is 5. The number of aromatic nitrogens is 2. The van der Waals surface area contributed by atoms with Crippen molar-refractivity contribution in [2.75, 3.05) is 0 Å². The molecule has 3 nitrogen and oxygen atoms in total. The Morgan fingerprint density at radius 1 is 0.769 bits per heavy atom. The van der Waals surface area contributed by atoms with E-state index in [4.69, 9.17) is 8.90 Å². The van der Waals surface area contributed by atoms with E-state index in [9.17, 15) is 0 Å². The summed E-state index contributed by atoms with van der Waals surface area (Å²) in [5.74, 6) is 0.979. The van der Waals surface area contributed by atoms with Gasteiger partial charge < -0.3 is 4.52 Å². The summed E-state index contributed by atoms with van der Waals surface area (Å²) in [4.78, 5) is 1.35. The van der Waals surface area contributed by atoms with Crippen LogP contribution in [0.25, 0.3) is 0 Å². The third kappa shape index (κ3) is 4.76. The molecule has 0 aliphatic heterocycles. The second-order valence-electron chi connectivity index (χ2n) is 10.9. The van der Waals surface area contributed by atoms with Crippen molar-refractivity contribution >= 4 is 11.5 Å². The number of hydrogen-bond acceptors (Lipinski definition) is 4. The van der Waals surface area contributed by atoms with E-state index < -0.39 is 0 Å². The number of hydrogen-bond donors (Lipinski definition) is 0. The van der Waals surface area contributed by atoms with E-state index in [1.54, 1.807) is 11.5 Å². The van der Waals surface area contributed by atoms with Gasteiger partial charge in [-0.15, -0.1) is 0 Å². The number of nitrogens with zero attached hydrogens (tertiary/aromatic N) is 2. The van der Waals surface area contributed by atoms with Crippen molar-refractivity contribution in [2.24, 2.45) is 0 Å². The Morgan fingerprint density at radius 2 is 1.35 bits per heavy atom. The van der Waals surface area contributed by atoms with Crippen molar-refractivity contribution in [3.05, 3.63) is 34.2 Å². The van der Waals surface area contributed by atoms with Crippen LogP contribution in [0.5, 0.6) is 0 Å². The van der Waals surface area contributed by atoms with Gasteiger partial charge in [-0.3, -0.25) is 0 Å². The summed E-state index contributed by atoms with van der Waals surface area (Å²) in [7, 11) is 0. The van der Waals surface area contributed by atoms with Gasteiger partial charge in [0.15, 0.2) is 0 Å². The third-order valence-corrected chi connectivity index (χ3v) is 6.48. The first-order valence-corrected chi connectivity index (χ1v) is 10.4. The van der Waals surface area contributed by atoms with Crippen molar-refractivity contribution in [2.45, 2.75) is 104 Å². The molecule has 0 saturated heterocycles. The summed E-state index contributed by atoms with van der Waals surface area (Å²) in [5.41, 5.74) is 2.40. The highest BCUT2D eigenvalue weighted by atomic mass is 32.1. The van der Waals surface area contributed by atoms with E-state index in [0.29, 0.717) is 0 Å². The summed E-state index contributed by atoms with van der Waals surface area (Å²) in [6.45, 7) is 22.3. The minimum Gasteiger partial charge on any atom is -0.361 e. The van der Waals surface area contributed by atoms with Gasteiger partial charge in [0.05, 0.1) is 11.4 Å². The van der Waals surface area contributed by atoms with E-state index in [-0.39, 0.29) is 21.7 Å². The Kier molecular flexibility index (Phi) is 5.51. The molecular weight excluding hydrogens is 340 g/mol. The lowest BCUT2D eigenvalue weighted by Gasteiger charge is -2.28. The van der Waals surface area contributed by atoms with Gasteiger partial charge in [-0.1, -0.05) is 74.4 Å². The summed E-state index contributed by atoms with van der Waals surface area (Å²) < 4.78 is 10.5. The van der Waals surface area contributed by atoms with Gasteiger partial charge in [0.1, 0.15) is 5.76 Å². The molecule has 0 aliphatic carbocycles. The molecule has 26 heavy (non-hydrogen) atoms. The second-order valence-corrected chi connectivity index (χ2v) is 11.7. The van der Waals surface area contributed by atoms with Crippen molar-refractivity contribution in [1.82, 2.24) is 9.53 Å². The highest BCUT2D eigenvalue weighted by Gasteiger charge is 2.33. The zero-order valence-corrected chi connectivity index (χ0v) is 19.1. The van der Waals surface area contributed by atoms with Crippen molar-refractivity contribution < 1.29 is 4.52 Å². The Labute approximate surface area is 163 Å². The molecule has 0 radical (unpaired) electrons. The first-order chi connectivity index (χ1) is 11.6. The van der Waals surface area contributed by atoms with Crippen molar-refractivity contribution in [1.29, 1.82) is 0 Å². The molecule has 0 fully saturated rings. The summed E-state index contributed by atoms with van der Waals surface area (Å²) >= 11 is 1.64. The Balaban J connectivity index is 2.12. The van der Waals surface area contributed by atoms with Gasteiger partial charge >= 0.3 is 0 Å². The lowest BCUT2D eigenvalue weighted by Crippen LogP contribution is -2.24. The monoisotopic (exact) mass is 376 g/mol. The minimum absolute atomic E-state index is 0.0149. The molecule has 0 aromatic carbocycles. The van der Waals surface area contributed by atoms with Gasteiger partial charge in [0.2, 0.25) is 0 Å². The van der Waals surface area contributed by atoms with Crippen LogP contribution in [0.4, 0.5) is 0 Å². The highest BCUT2D eigenvalue weighted by Crippen LogP contribution is 2.38. The quantitative estimate of drug-likeness (QED) is 0.578. The molecule has 0 aliphatic rings. The largest absolute Gasteiger partial charge is 0.361 e. The summed E-state index contributed by atoms with van der Waals surface area (Å²) in [5, 5.41) is 4.30. The predicted molar refractivity (Wildman–Crippen MR) is 111 cm³/mol. The average Bonchev–Trinajstić information content (AvgIpc) is 3.13. The van der Waals surface area contributed by atoms with Crippen LogP contribution >= 0.6 is 11.5 Å². The van der Waals surface area contributed by atoms with Crippen LogP contribution in [0.2, 0.25) is 0 Å². The van der Waals surface area contributed by atoms with Crippen LogP contribution in [0.1, 0.15) is 104 Å². The molecular formula is C22H36N2OS. The molecule has 0 N–H and O–H groups in total. The summed E-state index contributed by atoms with van der Waals surface area (Å²) in [6, 6.07) is 4.43. The standard InChI is InChI=1S/C22H36N2OS/c1-19(2,3)15-13-17(25-23-15)22(9,10)12-11-21(7,8)16-14-18(26-24-16)20(4,5)6/h13-14H,11-12H2,1-10H3.